The molecule has 2 fully saturated rings. The third kappa shape index (κ3) is 7.10. The van der Waals surface area contributed by atoms with Gasteiger partial charge in [-0.1, -0.05) is 13.8 Å². The topological polar surface area (TPSA) is 24.9 Å². The van der Waals surface area contributed by atoms with Crippen molar-refractivity contribution in [2.24, 2.45) is 17.8 Å². The van der Waals surface area contributed by atoms with Gasteiger partial charge in [-0.2, -0.15) is 0 Å². The lowest BCUT2D eigenvalue weighted by atomic mass is 9.82. The molecule has 26 heavy (non-hydrogen) atoms. The zero-order chi connectivity index (χ0) is 18.9. The number of hydrogen-bond acceptors (Lipinski definition) is 4. The van der Waals surface area contributed by atoms with Gasteiger partial charge in [0.05, 0.1) is 12.7 Å². The predicted octanol–water partition coefficient (Wildman–Crippen LogP) is 3.90. The Bertz CT molecular complexity index is 361. The Kier molecular flexibility index (Phi) is 9.90. The lowest BCUT2D eigenvalue weighted by Gasteiger charge is -2.38. The molecule has 1 saturated heterocycles. The summed E-state index contributed by atoms with van der Waals surface area (Å²) in [6, 6.07) is 0.748. The summed E-state index contributed by atoms with van der Waals surface area (Å²) in [4.78, 5) is 5.14. The van der Waals surface area contributed by atoms with Crippen molar-refractivity contribution in [3.05, 3.63) is 0 Å². The van der Waals surface area contributed by atoms with Crippen LogP contribution in [-0.4, -0.2) is 76.0 Å². The van der Waals surface area contributed by atoms with E-state index in [2.05, 4.69) is 30.7 Å². The van der Waals surface area contributed by atoms with Crippen molar-refractivity contribution in [2.75, 3.05) is 54.1 Å². The van der Waals surface area contributed by atoms with Crippen LogP contribution in [0.4, 0.5) is 0 Å². The van der Waals surface area contributed by atoms with Crippen LogP contribution < -0.4 is 0 Å². The van der Waals surface area contributed by atoms with Crippen molar-refractivity contribution in [2.45, 2.75) is 70.9 Å². The number of piperidine rings is 1. The molecule has 0 spiro atoms. The van der Waals surface area contributed by atoms with Crippen molar-refractivity contribution in [1.82, 2.24) is 9.80 Å². The van der Waals surface area contributed by atoms with Gasteiger partial charge < -0.3 is 19.3 Å². The molecule has 0 aromatic rings. The van der Waals surface area contributed by atoms with E-state index >= 15 is 0 Å². The molecule has 2 rings (SSSR count). The minimum atomic E-state index is 0.415. The molecular formula is C22H44N2O2. The predicted molar refractivity (Wildman–Crippen MR) is 110 cm³/mol. The van der Waals surface area contributed by atoms with E-state index in [4.69, 9.17) is 9.47 Å². The Morgan fingerprint density at radius 2 is 1.65 bits per heavy atom. The maximum atomic E-state index is 5.89. The number of ether oxygens (including phenoxy) is 2. The average molecular weight is 369 g/mol. The molecule has 1 atom stereocenters. The normalized spacial score (nSPS) is 27.3. The van der Waals surface area contributed by atoms with Crippen LogP contribution >= 0.6 is 0 Å². The Balaban J connectivity index is 1.67. The molecule has 0 amide bonds. The first-order valence-electron chi connectivity index (χ1n) is 11.0. The zero-order valence-corrected chi connectivity index (χ0v) is 18.1. The fraction of sp³-hybridized carbons (Fsp3) is 1.00. The van der Waals surface area contributed by atoms with Crippen LogP contribution in [0.25, 0.3) is 0 Å². The molecule has 0 N–H and O–H groups in total. The molecule has 0 aromatic heterocycles. The third-order valence-corrected chi connectivity index (χ3v) is 7.05. The molecule has 154 valence electrons. The molecule has 2 aliphatic rings. The first-order valence-corrected chi connectivity index (χ1v) is 11.0. The van der Waals surface area contributed by atoms with Gasteiger partial charge in [-0.05, 0) is 82.8 Å². The second kappa shape index (κ2) is 11.6. The van der Waals surface area contributed by atoms with Gasteiger partial charge in [0.1, 0.15) is 0 Å². The molecule has 4 heteroatoms. The smallest absolute Gasteiger partial charge is 0.0700 e. The quantitative estimate of drug-likeness (QED) is 0.584. The lowest BCUT2D eigenvalue weighted by Crippen LogP contribution is -2.41. The molecule has 1 aliphatic heterocycles. The Morgan fingerprint density at radius 3 is 2.19 bits per heavy atom. The summed E-state index contributed by atoms with van der Waals surface area (Å²) in [5.74, 6) is 2.62. The minimum Gasteiger partial charge on any atom is -0.383 e. The van der Waals surface area contributed by atoms with Gasteiger partial charge in [0.25, 0.3) is 0 Å². The standard InChI is InChI=1S/C22H44N2O2/c1-18(2)20-10-12-24(13-11-20)17-22(26-5)16-19-6-8-21(9-7-19)23(3)14-15-25-4/h18-22H,6-17H2,1-5H3. The largest absolute Gasteiger partial charge is 0.383 e. The van der Waals surface area contributed by atoms with Gasteiger partial charge in [-0.3, -0.25) is 0 Å². The van der Waals surface area contributed by atoms with Crippen LogP contribution in [-0.2, 0) is 9.47 Å². The number of likely N-dealkylation sites (N-methyl/N-ethyl adjacent to an activating group) is 1. The van der Waals surface area contributed by atoms with Gasteiger partial charge in [0, 0.05) is 33.4 Å². The van der Waals surface area contributed by atoms with Gasteiger partial charge in [-0.15, -0.1) is 0 Å². The van der Waals surface area contributed by atoms with Crippen molar-refractivity contribution in [1.29, 1.82) is 0 Å². The molecule has 1 aliphatic carbocycles. The van der Waals surface area contributed by atoms with Crippen LogP contribution in [0.15, 0.2) is 0 Å². The molecule has 4 nitrogen and oxygen atoms in total. The Labute approximate surface area is 162 Å². The van der Waals surface area contributed by atoms with Crippen LogP contribution in [0, 0.1) is 17.8 Å². The summed E-state index contributed by atoms with van der Waals surface area (Å²) in [6.07, 6.45) is 9.78. The SMILES string of the molecule is COCCN(C)C1CCC(CC(CN2CCC(C(C)C)CC2)OC)CC1. The van der Waals surface area contributed by atoms with Gasteiger partial charge in [-0.25, -0.2) is 0 Å². The van der Waals surface area contributed by atoms with Crippen molar-refractivity contribution in [3.8, 4) is 0 Å². The third-order valence-electron chi connectivity index (χ3n) is 7.05. The summed E-state index contributed by atoms with van der Waals surface area (Å²) < 4.78 is 11.1. The summed E-state index contributed by atoms with van der Waals surface area (Å²) >= 11 is 0. The number of methoxy groups -OCH3 is 2. The molecule has 1 unspecified atom stereocenters. The maximum absolute atomic E-state index is 5.89. The molecule has 1 heterocycles. The van der Waals surface area contributed by atoms with Crippen molar-refractivity contribution in [3.63, 3.8) is 0 Å². The fourth-order valence-corrected chi connectivity index (χ4v) is 4.95. The lowest BCUT2D eigenvalue weighted by molar-refractivity contribution is 0.0246. The summed E-state index contributed by atoms with van der Waals surface area (Å²) in [7, 11) is 5.96. The number of likely N-dealkylation sites (tertiary alicyclic amines) is 1. The Morgan fingerprint density at radius 1 is 1.00 bits per heavy atom. The van der Waals surface area contributed by atoms with Crippen molar-refractivity contribution >= 4 is 0 Å². The first-order chi connectivity index (χ1) is 12.5. The monoisotopic (exact) mass is 368 g/mol. The molecule has 0 bridgehead atoms. The van der Waals surface area contributed by atoms with E-state index in [1.54, 1.807) is 7.11 Å². The van der Waals surface area contributed by atoms with Crippen LogP contribution in [0.2, 0.25) is 0 Å². The van der Waals surface area contributed by atoms with Crippen LogP contribution in [0.5, 0.6) is 0 Å². The van der Waals surface area contributed by atoms with Crippen molar-refractivity contribution < 1.29 is 9.47 Å². The molecule has 0 aromatic carbocycles. The van der Waals surface area contributed by atoms with Gasteiger partial charge in [0.2, 0.25) is 0 Å². The van der Waals surface area contributed by atoms with E-state index in [0.717, 1.165) is 43.5 Å². The summed E-state index contributed by atoms with van der Waals surface area (Å²) in [5, 5.41) is 0. The first kappa shape index (κ1) is 22.1. The van der Waals surface area contributed by atoms with E-state index in [0.29, 0.717) is 6.10 Å². The van der Waals surface area contributed by atoms with E-state index in [1.165, 1.54) is 58.0 Å². The van der Waals surface area contributed by atoms with Crippen LogP contribution in [0.3, 0.4) is 0 Å². The van der Waals surface area contributed by atoms with E-state index < -0.39 is 0 Å². The average Bonchev–Trinajstić information content (AvgIpc) is 2.66. The minimum absolute atomic E-state index is 0.415. The van der Waals surface area contributed by atoms with Gasteiger partial charge in [0.15, 0.2) is 0 Å². The zero-order valence-electron chi connectivity index (χ0n) is 18.1. The number of nitrogens with zero attached hydrogens (tertiary/aromatic N) is 2. The Hall–Kier alpha value is -0.160. The molecule has 1 saturated carbocycles. The van der Waals surface area contributed by atoms with E-state index in [-0.39, 0.29) is 0 Å². The molecule has 0 radical (unpaired) electrons. The second-order valence-electron chi connectivity index (χ2n) is 9.12. The highest BCUT2D eigenvalue weighted by molar-refractivity contribution is 4.82. The number of rotatable bonds is 10. The maximum Gasteiger partial charge on any atom is 0.0700 e. The molecular weight excluding hydrogens is 324 g/mol. The second-order valence-corrected chi connectivity index (χ2v) is 9.12. The highest BCUT2D eigenvalue weighted by atomic mass is 16.5. The summed E-state index contributed by atoms with van der Waals surface area (Å²) in [5.41, 5.74) is 0. The van der Waals surface area contributed by atoms with Crippen LogP contribution in [0.1, 0.15) is 58.8 Å². The fourth-order valence-electron chi connectivity index (χ4n) is 4.95. The number of hydrogen-bond donors (Lipinski definition) is 0. The highest BCUT2D eigenvalue weighted by Crippen LogP contribution is 2.31. The van der Waals surface area contributed by atoms with E-state index in [9.17, 15) is 0 Å². The highest BCUT2D eigenvalue weighted by Gasteiger charge is 2.28. The van der Waals surface area contributed by atoms with E-state index in [1.807, 2.05) is 7.11 Å². The summed E-state index contributed by atoms with van der Waals surface area (Å²) in [6.45, 7) is 10.3. The van der Waals surface area contributed by atoms with Gasteiger partial charge >= 0.3 is 0 Å².